The summed E-state index contributed by atoms with van der Waals surface area (Å²) < 4.78 is 60.7. The maximum Gasteiger partial charge on any atom is 0.406 e. The number of halogens is 4. The predicted molar refractivity (Wildman–Crippen MR) is 150 cm³/mol. The molecule has 1 saturated heterocycles. The van der Waals surface area contributed by atoms with E-state index in [4.69, 9.17) is 4.74 Å². The number of rotatable bonds is 8. The predicted octanol–water partition coefficient (Wildman–Crippen LogP) is 3.59. The lowest BCUT2D eigenvalue weighted by Gasteiger charge is -2.34. The fourth-order valence-corrected chi connectivity index (χ4v) is 4.81. The molecule has 0 saturated carbocycles. The van der Waals surface area contributed by atoms with Crippen molar-refractivity contribution in [1.82, 2.24) is 25.1 Å². The van der Waals surface area contributed by atoms with Gasteiger partial charge in [-0.1, -0.05) is 18.8 Å². The summed E-state index contributed by atoms with van der Waals surface area (Å²) in [7, 11) is 3.00. The van der Waals surface area contributed by atoms with Crippen molar-refractivity contribution in [2.75, 3.05) is 45.7 Å². The number of benzene rings is 2. The summed E-state index contributed by atoms with van der Waals surface area (Å²) in [6, 6.07) is 6.99. The Hall–Kier alpha value is -4.31. The maximum absolute atomic E-state index is 14.8. The lowest BCUT2D eigenvalue weighted by molar-refractivity contribution is -0.139. The number of anilines is 1. The van der Waals surface area contributed by atoms with Crippen molar-refractivity contribution < 1.29 is 31.9 Å². The van der Waals surface area contributed by atoms with Gasteiger partial charge in [0.1, 0.15) is 24.0 Å². The quantitative estimate of drug-likeness (QED) is 0.275. The van der Waals surface area contributed by atoms with Crippen molar-refractivity contribution in [2.24, 2.45) is 0 Å². The van der Waals surface area contributed by atoms with Crippen LogP contribution in [0.1, 0.15) is 39.6 Å². The van der Waals surface area contributed by atoms with E-state index < -0.39 is 30.8 Å². The summed E-state index contributed by atoms with van der Waals surface area (Å²) in [4.78, 5) is 31.3. The SMILES string of the molecule is CCN1CC[C@H](NC(=O)c2cc(C#CCNc3cc(C(=O)NC)ccc3OC)cc3c2ncn3CC(F)(F)F)[C@@H](F)C1. The van der Waals surface area contributed by atoms with Crippen LogP contribution in [-0.4, -0.2) is 85.0 Å². The Bertz CT molecular complexity index is 1510. The van der Waals surface area contributed by atoms with E-state index in [1.54, 1.807) is 18.2 Å². The molecule has 1 aromatic heterocycles. The maximum atomic E-state index is 14.8. The van der Waals surface area contributed by atoms with Gasteiger partial charge >= 0.3 is 6.18 Å². The van der Waals surface area contributed by atoms with Crippen molar-refractivity contribution in [3.05, 3.63) is 53.3 Å². The summed E-state index contributed by atoms with van der Waals surface area (Å²) in [6.45, 7) is 2.22. The van der Waals surface area contributed by atoms with E-state index in [2.05, 4.69) is 32.8 Å². The first-order valence-corrected chi connectivity index (χ1v) is 13.4. The standard InChI is InChI=1S/C29H32F4N6O3/c1-4-38-11-9-22(21(30)15-38)37-28(41)20-12-18(13-24-26(20)36-17-39(24)16-29(31,32)33)6-5-10-35-23-14-19(27(40)34-2)7-8-25(23)42-3/h7-8,12-14,17,21-22,35H,4,9-11,15-16H2,1-3H3,(H,34,40)(H,37,41)/t21-,22-/m0/s1. The third kappa shape index (κ3) is 7.30. The molecule has 3 N–H and O–H groups in total. The van der Waals surface area contributed by atoms with Crippen LogP contribution in [0.25, 0.3) is 11.0 Å². The number of hydrogen-bond acceptors (Lipinski definition) is 6. The molecule has 9 nitrogen and oxygen atoms in total. The molecule has 0 aliphatic carbocycles. The van der Waals surface area contributed by atoms with Crippen LogP contribution in [-0.2, 0) is 6.54 Å². The lowest BCUT2D eigenvalue weighted by atomic mass is 10.0. The summed E-state index contributed by atoms with van der Waals surface area (Å²) in [5, 5.41) is 8.32. The highest BCUT2D eigenvalue weighted by Gasteiger charge is 2.32. The van der Waals surface area contributed by atoms with Crippen LogP contribution in [0.2, 0.25) is 0 Å². The van der Waals surface area contributed by atoms with Crippen molar-refractivity contribution in [2.45, 2.75) is 38.3 Å². The molecule has 0 bridgehead atoms. The Morgan fingerprint density at radius 2 is 1.98 bits per heavy atom. The van der Waals surface area contributed by atoms with Crippen LogP contribution in [0.15, 0.2) is 36.7 Å². The number of alkyl halides is 4. The number of aromatic nitrogens is 2. The number of nitrogens with one attached hydrogen (secondary N) is 3. The lowest BCUT2D eigenvalue weighted by Crippen LogP contribution is -2.52. The number of carbonyl (C=O) groups excluding carboxylic acids is 2. The summed E-state index contributed by atoms with van der Waals surface area (Å²) in [5.74, 6) is 5.34. The molecule has 224 valence electrons. The van der Waals surface area contributed by atoms with Gasteiger partial charge in [0.2, 0.25) is 0 Å². The summed E-state index contributed by atoms with van der Waals surface area (Å²) in [6.07, 6.45) is -4.37. The molecular formula is C29H32F4N6O3. The smallest absolute Gasteiger partial charge is 0.406 e. The van der Waals surface area contributed by atoms with Crippen molar-refractivity contribution in [3.8, 4) is 17.6 Å². The van der Waals surface area contributed by atoms with Crippen LogP contribution in [0.5, 0.6) is 5.75 Å². The molecule has 3 aromatic rings. The third-order valence-electron chi connectivity index (χ3n) is 7.00. The highest BCUT2D eigenvalue weighted by Crippen LogP contribution is 2.27. The minimum Gasteiger partial charge on any atom is -0.495 e. The van der Waals surface area contributed by atoms with E-state index in [1.807, 2.05) is 11.8 Å². The number of ether oxygens (including phenoxy) is 1. The van der Waals surface area contributed by atoms with Gasteiger partial charge < -0.3 is 30.2 Å². The molecule has 4 rings (SSSR count). The van der Waals surface area contributed by atoms with Crippen LogP contribution < -0.4 is 20.7 Å². The van der Waals surface area contributed by atoms with E-state index >= 15 is 0 Å². The first-order valence-electron chi connectivity index (χ1n) is 13.4. The first-order chi connectivity index (χ1) is 20.0. The number of amides is 2. The third-order valence-corrected chi connectivity index (χ3v) is 7.00. The largest absolute Gasteiger partial charge is 0.495 e. The molecule has 0 unspecified atom stereocenters. The number of fused-ring (bicyclic) bond motifs is 1. The van der Waals surface area contributed by atoms with Gasteiger partial charge in [0.15, 0.2) is 0 Å². The number of hydrogen-bond donors (Lipinski definition) is 3. The highest BCUT2D eigenvalue weighted by molar-refractivity contribution is 6.05. The van der Waals surface area contributed by atoms with Gasteiger partial charge in [-0.3, -0.25) is 9.59 Å². The van der Waals surface area contributed by atoms with Crippen LogP contribution in [0.4, 0.5) is 23.2 Å². The van der Waals surface area contributed by atoms with Crippen molar-refractivity contribution >= 4 is 28.5 Å². The first kappa shape index (κ1) is 30.6. The molecule has 0 radical (unpaired) electrons. The van der Waals surface area contributed by atoms with E-state index in [-0.39, 0.29) is 41.2 Å². The van der Waals surface area contributed by atoms with Crippen molar-refractivity contribution in [1.29, 1.82) is 0 Å². The molecular weight excluding hydrogens is 556 g/mol. The van der Waals surface area contributed by atoms with E-state index in [1.165, 1.54) is 26.3 Å². The van der Waals surface area contributed by atoms with Gasteiger partial charge in [-0.25, -0.2) is 9.37 Å². The average molecular weight is 589 g/mol. The molecule has 1 aliphatic rings. The highest BCUT2D eigenvalue weighted by atomic mass is 19.4. The van der Waals surface area contributed by atoms with Gasteiger partial charge in [-0.05, 0) is 43.3 Å². The monoisotopic (exact) mass is 588 g/mol. The molecule has 13 heteroatoms. The normalized spacial score (nSPS) is 17.3. The Morgan fingerprint density at radius 1 is 1.19 bits per heavy atom. The van der Waals surface area contributed by atoms with Crippen molar-refractivity contribution in [3.63, 3.8) is 0 Å². The molecule has 42 heavy (non-hydrogen) atoms. The second-order valence-corrected chi connectivity index (χ2v) is 9.81. The van der Waals surface area contributed by atoms with Crippen LogP contribution >= 0.6 is 0 Å². The molecule has 2 heterocycles. The number of imidazole rings is 1. The number of carbonyl (C=O) groups is 2. The molecule has 0 spiro atoms. The molecule has 1 aliphatic heterocycles. The number of piperidine rings is 1. The zero-order chi connectivity index (χ0) is 30.4. The van der Waals surface area contributed by atoms with Gasteiger partial charge in [0.25, 0.3) is 11.8 Å². The zero-order valence-corrected chi connectivity index (χ0v) is 23.4. The fraction of sp³-hybridized carbons (Fsp3) is 0.414. The fourth-order valence-electron chi connectivity index (χ4n) is 4.81. The summed E-state index contributed by atoms with van der Waals surface area (Å²) >= 11 is 0. The van der Waals surface area contributed by atoms with Gasteiger partial charge in [-0.15, -0.1) is 0 Å². The molecule has 1 fully saturated rings. The second-order valence-electron chi connectivity index (χ2n) is 9.81. The van der Waals surface area contributed by atoms with Gasteiger partial charge in [0, 0.05) is 31.3 Å². The van der Waals surface area contributed by atoms with E-state index in [0.717, 1.165) is 10.9 Å². The average Bonchev–Trinajstić information content (AvgIpc) is 3.36. The Kier molecular flexibility index (Phi) is 9.57. The number of nitrogens with zero attached hydrogens (tertiary/aromatic N) is 3. The Balaban J connectivity index is 1.61. The number of methoxy groups -OCH3 is 1. The molecule has 2 aromatic carbocycles. The summed E-state index contributed by atoms with van der Waals surface area (Å²) in [5.41, 5.74) is 1.36. The molecule has 2 atom stereocenters. The minimum atomic E-state index is -4.52. The van der Waals surface area contributed by atoms with E-state index in [0.29, 0.717) is 36.5 Å². The topological polar surface area (TPSA) is 101 Å². The second kappa shape index (κ2) is 13.1. The van der Waals surface area contributed by atoms with Crippen LogP contribution in [0, 0.1) is 11.8 Å². The van der Waals surface area contributed by atoms with Crippen LogP contribution in [0.3, 0.4) is 0 Å². The molecule has 2 amide bonds. The Labute approximate surface area is 240 Å². The number of likely N-dealkylation sites (tertiary alicyclic amines) is 1. The Morgan fingerprint density at radius 3 is 2.64 bits per heavy atom. The zero-order valence-electron chi connectivity index (χ0n) is 23.4. The van der Waals surface area contributed by atoms with E-state index in [9.17, 15) is 27.2 Å². The van der Waals surface area contributed by atoms with Gasteiger partial charge in [-0.2, -0.15) is 13.2 Å². The minimum absolute atomic E-state index is 0.00996. The van der Waals surface area contributed by atoms with Gasteiger partial charge in [0.05, 0.1) is 42.8 Å².